The summed E-state index contributed by atoms with van der Waals surface area (Å²) in [6.45, 7) is 1.54. The summed E-state index contributed by atoms with van der Waals surface area (Å²) in [7, 11) is 0. The zero-order chi connectivity index (χ0) is 8.43. The van der Waals surface area contributed by atoms with Gasteiger partial charge in [-0.1, -0.05) is 5.16 Å². The second-order valence-corrected chi connectivity index (χ2v) is 2.08. The van der Waals surface area contributed by atoms with Crippen LogP contribution >= 0.6 is 0 Å². The molecule has 0 aliphatic carbocycles. The van der Waals surface area contributed by atoms with Crippen molar-refractivity contribution in [2.45, 2.75) is 13.0 Å². The van der Waals surface area contributed by atoms with Crippen LogP contribution in [0.1, 0.15) is 17.4 Å². The van der Waals surface area contributed by atoms with Crippen LogP contribution in [0.3, 0.4) is 0 Å². The van der Waals surface area contributed by atoms with E-state index < -0.39 is 12.1 Å². The van der Waals surface area contributed by atoms with Gasteiger partial charge in [0.1, 0.15) is 5.76 Å². The van der Waals surface area contributed by atoms with Crippen molar-refractivity contribution in [1.82, 2.24) is 5.16 Å². The Labute approximate surface area is 62.2 Å². The minimum atomic E-state index is -1.54. The van der Waals surface area contributed by atoms with Crippen molar-refractivity contribution < 1.29 is 19.5 Å². The van der Waals surface area contributed by atoms with Crippen molar-refractivity contribution in [2.24, 2.45) is 0 Å². The number of aryl methyl sites for hydroxylation is 1. The molecule has 5 nitrogen and oxygen atoms in total. The van der Waals surface area contributed by atoms with E-state index in [0.29, 0.717) is 5.76 Å². The highest BCUT2D eigenvalue weighted by Gasteiger charge is 2.20. The van der Waals surface area contributed by atoms with E-state index in [-0.39, 0.29) is 5.56 Å². The lowest BCUT2D eigenvalue weighted by Gasteiger charge is -2.00. The molecule has 0 bridgehead atoms. The normalized spacial score (nSPS) is 12.9. The highest BCUT2D eigenvalue weighted by Crippen LogP contribution is 2.16. The van der Waals surface area contributed by atoms with E-state index in [9.17, 15) is 4.79 Å². The van der Waals surface area contributed by atoms with Crippen LogP contribution in [0.5, 0.6) is 0 Å². The van der Waals surface area contributed by atoms with Crippen LogP contribution in [0.15, 0.2) is 10.7 Å². The lowest BCUT2D eigenvalue weighted by Crippen LogP contribution is -2.10. The quantitative estimate of drug-likeness (QED) is 0.636. The molecular formula is C6H7NO4. The van der Waals surface area contributed by atoms with Crippen molar-refractivity contribution >= 4 is 5.97 Å². The Bertz CT molecular complexity index is 267. The number of carboxylic acid groups (broad SMARTS) is 1. The lowest BCUT2D eigenvalue weighted by atomic mass is 10.1. The first-order valence-corrected chi connectivity index (χ1v) is 2.95. The van der Waals surface area contributed by atoms with E-state index in [2.05, 4.69) is 9.68 Å². The molecule has 1 atom stereocenters. The maximum Gasteiger partial charge on any atom is 0.337 e. The van der Waals surface area contributed by atoms with Crippen LogP contribution in [0, 0.1) is 6.92 Å². The third kappa shape index (κ3) is 1.38. The molecule has 1 aromatic rings. The summed E-state index contributed by atoms with van der Waals surface area (Å²) in [5.41, 5.74) is 0.192. The van der Waals surface area contributed by atoms with Crippen LogP contribution in [0.2, 0.25) is 0 Å². The average molecular weight is 157 g/mol. The summed E-state index contributed by atoms with van der Waals surface area (Å²) < 4.78 is 4.56. The first-order chi connectivity index (χ1) is 5.13. The maximum atomic E-state index is 10.2. The Hall–Kier alpha value is -1.36. The van der Waals surface area contributed by atoms with E-state index in [1.54, 1.807) is 0 Å². The molecule has 0 radical (unpaired) electrons. The summed E-state index contributed by atoms with van der Waals surface area (Å²) in [4.78, 5) is 10.2. The molecule has 0 aliphatic heterocycles. The SMILES string of the molecule is Cc1oncc1C(O)C(=O)O. The summed E-state index contributed by atoms with van der Waals surface area (Å²) >= 11 is 0. The number of hydrogen-bond donors (Lipinski definition) is 2. The second-order valence-electron chi connectivity index (χ2n) is 2.08. The van der Waals surface area contributed by atoms with Gasteiger partial charge in [0, 0.05) is 0 Å². The molecular weight excluding hydrogens is 150 g/mol. The first kappa shape index (κ1) is 7.74. The molecule has 5 heteroatoms. The summed E-state index contributed by atoms with van der Waals surface area (Å²) in [6, 6.07) is 0. The molecule has 60 valence electrons. The summed E-state index contributed by atoms with van der Waals surface area (Å²) in [5, 5.41) is 20.7. The van der Waals surface area contributed by atoms with Crippen molar-refractivity contribution in [1.29, 1.82) is 0 Å². The van der Waals surface area contributed by atoms with Crippen LogP contribution in [0.4, 0.5) is 0 Å². The lowest BCUT2D eigenvalue weighted by molar-refractivity contribution is -0.147. The first-order valence-electron chi connectivity index (χ1n) is 2.95. The van der Waals surface area contributed by atoms with Gasteiger partial charge in [0.25, 0.3) is 0 Å². The molecule has 0 amide bonds. The summed E-state index contributed by atoms with van der Waals surface area (Å²) in [5.74, 6) is -0.990. The number of carbonyl (C=O) groups is 1. The van der Waals surface area contributed by atoms with Gasteiger partial charge < -0.3 is 14.7 Å². The monoisotopic (exact) mass is 157 g/mol. The number of aliphatic hydroxyl groups is 1. The molecule has 2 N–H and O–H groups in total. The minimum absolute atomic E-state index is 0.192. The van der Waals surface area contributed by atoms with E-state index in [4.69, 9.17) is 10.2 Å². The van der Waals surface area contributed by atoms with Crippen molar-refractivity contribution in [2.75, 3.05) is 0 Å². The number of nitrogens with zero attached hydrogens (tertiary/aromatic N) is 1. The van der Waals surface area contributed by atoms with Gasteiger partial charge in [0.2, 0.25) is 0 Å². The average Bonchev–Trinajstić information content (AvgIpc) is 2.33. The topological polar surface area (TPSA) is 83.6 Å². The van der Waals surface area contributed by atoms with Crippen LogP contribution in [0.25, 0.3) is 0 Å². The largest absolute Gasteiger partial charge is 0.479 e. The number of carboxylic acids is 1. The molecule has 0 aliphatic rings. The van der Waals surface area contributed by atoms with Gasteiger partial charge in [-0.3, -0.25) is 0 Å². The zero-order valence-corrected chi connectivity index (χ0v) is 5.81. The molecule has 0 aromatic carbocycles. The molecule has 1 unspecified atom stereocenters. The Morgan fingerprint density at radius 1 is 1.82 bits per heavy atom. The molecule has 0 saturated heterocycles. The van der Waals surface area contributed by atoms with Gasteiger partial charge in [-0.05, 0) is 6.92 Å². The number of aromatic nitrogens is 1. The molecule has 0 spiro atoms. The van der Waals surface area contributed by atoms with Crippen molar-refractivity contribution in [3.63, 3.8) is 0 Å². The molecule has 0 fully saturated rings. The fourth-order valence-corrected chi connectivity index (χ4v) is 0.702. The van der Waals surface area contributed by atoms with E-state index in [1.165, 1.54) is 13.1 Å². The van der Waals surface area contributed by atoms with Crippen molar-refractivity contribution in [3.8, 4) is 0 Å². The van der Waals surface area contributed by atoms with Crippen LogP contribution < -0.4 is 0 Å². The Morgan fingerprint density at radius 2 is 2.45 bits per heavy atom. The highest BCUT2D eigenvalue weighted by atomic mass is 16.5. The van der Waals surface area contributed by atoms with E-state index >= 15 is 0 Å². The van der Waals surface area contributed by atoms with Gasteiger partial charge in [0.05, 0.1) is 11.8 Å². The Balaban J connectivity index is 2.92. The third-order valence-electron chi connectivity index (χ3n) is 1.32. The van der Waals surface area contributed by atoms with Crippen molar-refractivity contribution in [3.05, 3.63) is 17.5 Å². The molecule has 1 aromatic heterocycles. The zero-order valence-electron chi connectivity index (χ0n) is 5.81. The number of rotatable bonds is 2. The van der Waals surface area contributed by atoms with E-state index in [0.717, 1.165) is 0 Å². The van der Waals surface area contributed by atoms with Gasteiger partial charge in [-0.2, -0.15) is 0 Å². The maximum absolute atomic E-state index is 10.2. The van der Waals surface area contributed by atoms with Crippen LogP contribution in [-0.2, 0) is 4.79 Å². The molecule has 11 heavy (non-hydrogen) atoms. The standard InChI is InChI=1S/C6H7NO4/c1-3-4(2-7-11-3)5(8)6(9)10/h2,5,8H,1H3,(H,9,10). The van der Waals surface area contributed by atoms with Crippen LogP contribution in [-0.4, -0.2) is 21.3 Å². The molecule has 1 rings (SSSR count). The Morgan fingerprint density at radius 3 is 2.82 bits per heavy atom. The predicted octanol–water partition coefficient (Wildman–Crippen LogP) is 0.101. The fraction of sp³-hybridized carbons (Fsp3) is 0.333. The number of hydrogen-bond acceptors (Lipinski definition) is 4. The molecule has 0 saturated carbocycles. The van der Waals surface area contributed by atoms with Gasteiger partial charge in [-0.15, -0.1) is 0 Å². The fourth-order valence-electron chi connectivity index (χ4n) is 0.702. The second kappa shape index (κ2) is 2.71. The van der Waals surface area contributed by atoms with Gasteiger partial charge in [-0.25, -0.2) is 4.79 Å². The van der Waals surface area contributed by atoms with Gasteiger partial charge >= 0.3 is 5.97 Å². The van der Waals surface area contributed by atoms with Gasteiger partial charge in [0.15, 0.2) is 6.10 Å². The Kier molecular flexibility index (Phi) is 1.91. The number of aliphatic hydroxyl groups excluding tert-OH is 1. The predicted molar refractivity (Wildman–Crippen MR) is 33.8 cm³/mol. The number of aliphatic carboxylic acids is 1. The third-order valence-corrected chi connectivity index (χ3v) is 1.32. The minimum Gasteiger partial charge on any atom is -0.479 e. The smallest absolute Gasteiger partial charge is 0.337 e. The summed E-state index contributed by atoms with van der Waals surface area (Å²) in [6.07, 6.45) is -0.352. The van der Waals surface area contributed by atoms with E-state index in [1.807, 2.05) is 0 Å². The molecule has 1 heterocycles. The highest BCUT2D eigenvalue weighted by molar-refractivity contribution is 5.74.